The van der Waals surface area contributed by atoms with Crippen molar-refractivity contribution >= 4 is 17.1 Å². The molecule has 0 spiro atoms. The van der Waals surface area contributed by atoms with E-state index in [4.69, 9.17) is 9.72 Å². The van der Waals surface area contributed by atoms with Gasteiger partial charge in [-0.25, -0.2) is 9.97 Å². The maximum absolute atomic E-state index is 12.8. The third-order valence-electron chi connectivity index (χ3n) is 6.81. The number of methoxy groups -OCH3 is 1. The Morgan fingerprint density at radius 3 is 2.44 bits per heavy atom. The fraction of sp³-hybridized carbons (Fsp3) is 0.458. The molecular formula is C24H25F3N4O3. The number of nitrogens with zero attached hydrogens (tertiary/aromatic N) is 3. The topological polar surface area (TPSA) is 80.3 Å². The van der Waals surface area contributed by atoms with Crippen LogP contribution in [0.25, 0.3) is 11.2 Å². The SMILES string of the molecule is CO[C@H]1C[C@H](c2nc3c(C4CCN(C(=O)c5ccc(OC(F)(F)F)cc5)CC4)ccnc3[nH]2)C1. The Bertz CT molecular complexity index is 1160. The van der Waals surface area contributed by atoms with Crippen LogP contribution < -0.4 is 4.74 Å². The van der Waals surface area contributed by atoms with Gasteiger partial charge in [-0.05, 0) is 67.5 Å². The number of H-pyrrole nitrogens is 1. The Morgan fingerprint density at radius 1 is 1.09 bits per heavy atom. The van der Waals surface area contributed by atoms with Gasteiger partial charge in [0.2, 0.25) is 0 Å². The molecule has 2 aromatic heterocycles. The number of carbonyl (C=O) groups is 1. The number of nitrogens with one attached hydrogen (secondary N) is 1. The van der Waals surface area contributed by atoms with E-state index in [0.717, 1.165) is 60.4 Å². The fourth-order valence-electron chi connectivity index (χ4n) is 4.83. The molecule has 1 aliphatic heterocycles. The number of likely N-dealkylation sites (tertiary alicyclic amines) is 1. The molecular weight excluding hydrogens is 449 g/mol. The van der Waals surface area contributed by atoms with Gasteiger partial charge in [0.25, 0.3) is 5.91 Å². The van der Waals surface area contributed by atoms with Crippen molar-refractivity contribution in [2.24, 2.45) is 0 Å². The first-order valence-corrected chi connectivity index (χ1v) is 11.3. The molecule has 0 atom stereocenters. The lowest BCUT2D eigenvalue weighted by molar-refractivity contribution is -0.274. The highest BCUT2D eigenvalue weighted by Gasteiger charge is 2.34. The molecule has 0 radical (unpaired) electrons. The molecule has 34 heavy (non-hydrogen) atoms. The van der Waals surface area contributed by atoms with Crippen LogP contribution in [0.1, 0.15) is 59.3 Å². The van der Waals surface area contributed by atoms with Gasteiger partial charge in [-0.2, -0.15) is 0 Å². The number of pyridine rings is 1. The predicted octanol–water partition coefficient (Wildman–Crippen LogP) is 4.77. The minimum absolute atomic E-state index is 0.198. The van der Waals surface area contributed by atoms with Gasteiger partial charge in [-0.15, -0.1) is 13.2 Å². The Hall–Kier alpha value is -3.14. The van der Waals surface area contributed by atoms with Crippen molar-refractivity contribution in [3.63, 3.8) is 0 Å². The van der Waals surface area contributed by atoms with E-state index in [-0.39, 0.29) is 17.6 Å². The zero-order valence-electron chi connectivity index (χ0n) is 18.6. The van der Waals surface area contributed by atoms with E-state index in [1.807, 2.05) is 6.07 Å². The fourth-order valence-corrected chi connectivity index (χ4v) is 4.83. The highest BCUT2D eigenvalue weighted by molar-refractivity contribution is 5.94. The number of hydrogen-bond acceptors (Lipinski definition) is 5. The first-order chi connectivity index (χ1) is 16.3. The summed E-state index contributed by atoms with van der Waals surface area (Å²) >= 11 is 0. The zero-order valence-corrected chi connectivity index (χ0v) is 18.6. The molecule has 1 saturated heterocycles. The molecule has 1 amide bonds. The summed E-state index contributed by atoms with van der Waals surface area (Å²) < 4.78 is 46.3. The summed E-state index contributed by atoms with van der Waals surface area (Å²) in [6.07, 6.45) is 0.784. The lowest BCUT2D eigenvalue weighted by Crippen LogP contribution is -2.38. The number of piperidine rings is 1. The number of fused-ring (bicyclic) bond motifs is 1. The molecule has 7 nitrogen and oxygen atoms in total. The van der Waals surface area contributed by atoms with Gasteiger partial charge in [-0.1, -0.05) is 0 Å². The van der Waals surface area contributed by atoms with Crippen LogP contribution in [0.15, 0.2) is 36.5 Å². The standard InChI is InChI=1S/C24H25F3N4O3/c1-33-18-12-16(13-18)21-29-20-19(6-9-28-22(20)30-21)14-7-10-31(11-8-14)23(32)15-2-4-17(5-3-15)34-24(25,26)27/h2-6,9,14,16,18H,7-8,10-13H2,1H3,(H,28,29,30)/t16-,18-. The molecule has 180 valence electrons. The quantitative estimate of drug-likeness (QED) is 0.576. The van der Waals surface area contributed by atoms with Crippen LogP contribution in [0.5, 0.6) is 5.75 Å². The highest BCUT2D eigenvalue weighted by Crippen LogP contribution is 2.39. The molecule has 2 fully saturated rings. The van der Waals surface area contributed by atoms with Gasteiger partial charge in [0.1, 0.15) is 17.1 Å². The number of aromatic amines is 1. The molecule has 1 aromatic carbocycles. The molecule has 2 aliphatic rings. The third kappa shape index (κ3) is 4.59. The number of amides is 1. The number of aromatic nitrogens is 3. The normalized spacial score (nSPS) is 21.5. The molecule has 3 heterocycles. The van der Waals surface area contributed by atoms with Crippen LogP contribution in [0.3, 0.4) is 0 Å². The Morgan fingerprint density at radius 2 is 1.79 bits per heavy atom. The number of halogens is 3. The van der Waals surface area contributed by atoms with Gasteiger partial charge in [-0.3, -0.25) is 4.79 Å². The smallest absolute Gasteiger partial charge is 0.406 e. The minimum atomic E-state index is -4.76. The van der Waals surface area contributed by atoms with Gasteiger partial charge in [0.05, 0.1) is 6.10 Å². The van der Waals surface area contributed by atoms with Gasteiger partial charge >= 0.3 is 6.36 Å². The average molecular weight is 474 g/mol. The zero-order chi connectivity index (χ0) is 23.9. The average Bonchev–Trinajstić information content (AvgIpc) is 3.21. The molecule has 10 heteroatoms. The van der Waals surface area contributed by atoms with Crippen LogP contribution in [0.4, 0.5) is 13.2 Å². The van der Waals surface area contributed by atoms with Crippen LogP contribution >= 0.6 is 0 Å². The van der Waals surface area contributed by atoms with Crippen molar-refractivity contribution in [3.05, 3.63) is 53.5 Å². The monoisotopic (exact) mass is 474 g/mol. The van der Waals surface area contributed by atoms with Gasteiger partial charge < -0.3 is 19.4 Å². The molecule has 0 unspecified atom stereocenters. The second-order valence-electron chi connectivity index (χ2n) is 8.88. The van der Waals surface area contributed by atoms with Crippen molar-refractivity contribution in [3.8, 4) is 5.75 Å². The maximum atomic E-state index is 12.8. The summed E-state index contributed by atoms with van der Waals surface area (Å²) in [5.74, 6) is 1.02. The lowest BCUT2D eigenvalue weighted by atomic mass is 9.82. The van der Waals surface area contributed by atoms with Crippen LogP contribution in [-0.2, 0) is 4.74 Å². The van der Waals surface area contributed by atoms with Crippen LogP contribution in [0, 0.1) is 0 Å². The van der Waals surface area contributed by atoms with Crippen molar-refractivity contribution in [1.29, 1.82) is 0 Å². The Balaban J connectivity index is 1.24. The van der Waals surface area contributed by atoms with Gasteiger partial charge in [0, 0.05) is 37.9 Å². The Kier molecular flexibility index (Phi) is 5.93. The number of rotatable bonds is 5. The molecule has 3 aromatic rings. The summed E-state index contributed by atoms with van der Waals surface area (Å²) in [4.78, 5) is 27.3. The molecule has 5 rings (SSSR count). The number of hydrogen-bond donors (Lipinski definition) is 1. The van der Waals surface area contributed by atoms with E-state index in [1.165, 1.54) is 12.1 Å². The minimum Gasteiger partial charge on any atom is -0.406 e. The largest absolute Gasteiger partial charge is 0.573 e. The summed E-state index contributed by atoms with van der Waals surface area (Å²) in [6, 6.07) is 7.05. The first kappa shape index (κ1) is 22.6. The molecule has 0 bridgehead atoms. The van der Waals surface area contributed by atoms with Gasteiger partial charge in [0.15, 0.2) is 5.65 Å². The molecule has 1 saturated carbocycles. The summed E-state index contributed by atoms with van der Waals surface area (Å²) in [7, 11) is 1.73. The summed E-state index contributed by atoms with van der Waals surface area (Å²) in [5, 5.41) is 0. The second kappa shape index (κ2) is 8.90. The van der Waals surface area contributed by atoms with E-state index in [9.17, 15) is 18.0 Å². The van der Waals surface area contributed by atoms with E-state index in [2.05, 4.69) is 14.7 Å². The number of ether oxygens (including phenoxy) is 2. The van der Waals surface area contributed by atoms with E-state index in [0.29, 0.717) is 30.7 Å². The lowest BCUT2D eigenvalue weighted by Gasteiger charge is -2.32. The van der Waals surface area contributed by atoms with E-state index in [1.54, 1.807) is 18.2 Å². The molecule has 1 N–H and O–H groups in total. The van der Waals surface area contributed by atoms with Crippen LogP contribution in [0.2, 0.25) is 0 Å². The third-order valence-corrected chi connectivity index (χ3v) is 6.81. The summed E-state index contributed by atoms with van der Waals surface area (Å²) in [5.41, 5.74) is 3.15. The van der Waals surface area contributed by atoms with Crippen LogP contribution in [-0.4, -0.2) is 58.4 Å². The number of carbonyl (C=O) groups excluding carboxylic acids is 1. The van der Waals surface area contributed by atoms with Crippen molar-refractivity contribution in [1.82, 2.24) is 19.9 Å². The molecule has 1 aliphatic carbocycles. The second-order valence-corrected chi connectivity index (χ2v) is 8.88. The van der Waals surface area contributed by atoms with E-state index < -0.39 is 6.36 Å². The number of alkyl halides is 3. The van der Waals surface area contributed by atoms with E-state index >= 15 is 0 Å². The predicted molar refractivity (Wildman–Crippen MR) is 118 cm³/mol. The maximum Gasteiger partial charge on any atom is 0.573 e. The first-order valence-electron chi connectivity index (χ1n) is 11.3. The number of imidazole rings is 1. The van der Waals surface area contributed by atoms with Crippen molar-refractivity contribution < 1.29 is 27.4 Å². The Labute approximate surface area is 194 Å². The summed E-state index contributed by atoms with van der Waals surface area (Å²) in [6.45, 7) is 1.12. The van der Waals surface area contributed by atoms with Crippen molar-refractivity contribution in [2.75, 3.05) is 20.2 Å². The number of benzene rings is 1. The van der Waals surface area contributed by atoms with Crippen molar-refractivity contribution in [2.45, 2.75) is 50.0 Å². The highest BCUT2D eigenvalue weighted by atomic mass is 19.4.